The van der Waals surface area contributed by atoms with Crippen LogP contribution >= 0.6 is 0 Å². The average molecular weight is 518 g/mol. The number of hydrogen-bond donors (Lipinski definition) is 2. The lowest BCUT2D eigenvalue weighted by molar-refractivity contribution is -0.165. The molecule has 2 N–H and O–H groups in total. The highest BCUT2D eigenvalue weighted by molar-refractivity contribution is 6.06. The van der Waals surface area contributed by atoms with Gasteiger partial charge in [-0.2, -0.15) is 0 Å². The van der Waals surface area contributed by atoms with Crippen LogP contribution in [-0.4, -0.2) is 56.1 Å². The van der Waals surface area contributed by atoms with Gasteiger partial charge in [-0.05, 0) is 42.8 Å². The SMILES string of the molecule is [C-]#[N+]CCCOc1ccc2oc(C(=O)CC(CCn3nnc4ccccc4c3=O)(C(=O)O)C(=O)O)cc2c1. The molecule has 0 saturated carbocycles. The van der Waals surface area contributed by atoms with E-state index in [1.807, 2.05) is 0 Å². The number of carboxylic acids is 2. The summed E-state index contributed by atoms with van der Waals surface area (Å²) in [6.45, 7) is 7.07. The van der Waals surface area contributed by atoms with Gasteiger partial charge in [0, 0.05) is 18.4 Å². The summed E-state index contributed by atoms with van der Waals surface area (Å²) in [6, 6.07) is 12.6. The smallest absolute Gasteiger partial charge is 0.321 e. The van der Waals surface area contributed by atoms with E-state index >= 15 is 0 Å². The van der Waals surface area contributed by atoms with Crippen LogP contribution in [0.3, 0.4) is 0 Å². The minimum Gasteiger partial charge on any atom is -0.493 e. The zero-order valence-corrected chi connectivity index (χ0v) is 20.0. The third kappa shape index (κ3) is 5.22. The number of carbonyl (C=O) groups is 3. The van der Waals surface area contributed by atoms with Crippen LogP contribution in [0.5, 0.6) is 5.75 Å². The van der Waals surface area contributed by atoms with Crippen molar-refractivity contribution in [1.82, 2.24) is 15.0 Å². The van der Waals surface area contributed by atoms with Gasteiger partial charge in [0.25, 0.3) is 5.56 Å². The maximum absolute atomic E-state index is 13.0. The molecule has 2 aromatic carbocycles. The normalized spacial score (nSPS) is 11.3. The quantitative estimate of drug-likeness (QED) is 0.123. The van der Waals surface area contributed by atoms with E-state index in [9.17, 15) is 29.4 Å². The van der Waals surface area contributed by atoms with Crippen molar-refractivity contribution in [2.75, 3.05) is 13.2 Å². The number of Topliss-reactive ketones (excluding diaryl/α,β-unsaturated/α-hetero) is 1. The van der Waals surface area contributed by atoms with Crippen molar-refractivity contribution in [2.24, 2.45) is 5.41 Å². The number of nitrogens with zero attached hydrogens (tertiary/aromatic N) is 4. The van der Waals surface area contributed by atoms with Crippen LogP contribution in [0, 0.1) is 12.0 Å². The van der Waals surface area contributed by atoms with Crippen LogP contribution in [-0.2, 0) is 16.1 Å². The van der Waals surface area contributed by atoms with E-state index < -0.39 is 48.1 Å². The van der Waals surface area contributed by atoms with Crippen molar-refractivity contribution in [1.29, 1.82) is 0 Å². The Labute approximate surface area is 214 Å². The highest BCUT2D eigenvalue weighted by Crippen LogP contribution is 2.32. The molecule has 2 aromatic heterocycles. The number of rotatable bonds is 12. The molecular formula is C26H22N4O8. The lowest BCUT2D eigenvalue weighted by Crippen LogP contribution is -2.43. The highest BCUT2D eigenvalue weighted by atomic mass is 16.5. The first-order valence-corrected chi connectivity index (χ1v) is 11.6. The van der Waals surface area contributed by atoms with Crippen molar-refractivity contribution in [3.05, 3.63) is 76.1 Å². The van der Waals surface area contributed by atoms with E-state index in [0.717, 1.165) is 4.68 Å². The number of hydrogen-bond acceptors (Lipinski definition) is 8. The van der Waals surface area contributed by atoms with Gasteiger partial charge in [0.15, 0.2) is 17.0 Å². The molecule has 0 spiro atoms. The number of ether oxygens (including phenoxy) is 1. The lowest BCUT2D eigenvalue weighted by atomic mass is 9.79. The van der Waals surface area contributed by atoms with Crippen LogP contribution in [0.2, 0.25) is 0 Å². The van der Waals surface area contributed by atoms with Crippen molar-refractivity contribution < 1.29 is 33.8 Å². The molecule has 38 heavy (non-hydrogen) atoms. The molecule has 12 heteroatoms. The second-order valence-electron chi connectivity index (χ2n) is 8.57. The third-order valence-corrected chi connectivity index (χ3v) is 6.11. The molecule has 4 aromatic rings. The predicted octanol–water partition coefficient (Wildman–Crippen LogP) is 3.04. The monoisotopic (exact) mass is 518 g/mol. The van der Waals surface area contributed by atoms with Crippen LogP contribution in [0.15, 0.2) is 57.7 Å². The maximum Gasteiger partial charge on any atom is 0.321 e. The van der Waals surface area contributed by atoms with Gasteiger partial charge in [-0.1, -0.05) is 17.3 Å². The summed E-state index contributed by atoms with van der Waals surface area (Å²) < 4.78 is 12.0. The Morgan fingerprint density at radius 2 is 1.87 bits per heavy atom. The van der Waals surface area contributed by atoms with Gasteiger partial charge in [0.05, 0.1) is 18.4 Å². The fourth-order valence-electron chi connectivity index (χ4n) is 3.95. The molecule has 194 valence electrons. The Kier molecular flexibility index (Phi) is 7.48. The second-order valence-corrected chi connectivity index (χ2v) is 8.57. The molecule has 2 heterocycles. The number of carboxylic acid groups (broad SMARTS) is 2. The summed E-state index contributed by atoms with van der Waals surface area (Å²) in [5, 5.41) is 28.2. The van der Waals surface area contributed by atoms with E-state index in [1.54, 1.807) is 36.4 Å². The van der Waals surface area contributed by atoms with Crippen LogP contribution in [0.1, 0.15) is 29.8 Å². The van der Waals surface area contributed by atoms with Crippen LogP contribution in [0.4, 0.5) is 0 Å². The minimum absolute atomic E-state index is 0.209. The molecular weight excluding hydrogens is 496 g/mol. The Morgan fingerprint density at radius 1 is 1.11 bits per heavy atom. The number of aromatic nitrogens is 3. The standard InChI is InChI=1S/C26H22N4O8/c1-27-10-4-12-37-17-7-8-21-16(13-17)14-22(38-21)20(31)15-26(24(33)34,25(35)36)9-11-30-23(32)18-5-2-3-6-19(18)28-29-30/h2-3,5-8,13-14H,4,9-12,15H2,(H,33,34)(H,35,36). The van der Waals surface area contributed by atoms with E-state index in [0.29, 0.717) is 41.8 Å². The van der Waals surface area contributed by atoms with Gasteiger partial charge >= 0.3 is 11.9 Å². The number of aliphatic carboxylic acids is 2. The van der Waals surface area contributed by atoms with Gasteiger partial charge in [-0.3, -0.25) is 19.2 Å². The first-order valence-electron chi connectivity index (χ1n) is 11.6. The van der Waals surface area contributed by atoms with E-state index in [-0.39, 0.29) is 11.1 Å². The zero-order valence-electron chi connectivity index (χ0n) is 20.0. The number of benzene rings is 2. The summed E-state index contributed by atoms with van der Waals surface area (Å²) in [4.78, 5) is 53.4. The predicted molar refractivity (Wildman–Crippen MR) is 133 cm³/mol. The van der Waals surface area contributed by atoms with Crippen molar-refractivity contribution in [2.45, 2.75) is 25.8 Å². The number of ketones is 1. The number of furan rings is 1. The van der Waals surface area contributed by atoms with Crippen LogP contribution in [0.25, 0.3) is 26.7 Å². The first-order chi connectivity index (χ1) is 18.2. The molecule has 12 nitrogen and oxygen atoms in total. The van der Waals surface area contributed by atoms with E-state index in [1.165, 1.54) is 12.1 Å². The molecule has 0 aliphatic rings. The van der Waals surface area contributed by atoms with E-state index in [2.05, 4.69) is 15.2 Å². The Hall–Kier alpha value is -5.05. The molecule has 0 bridgehead atoms. The maximum atomic E-state index is 13.0. The Balaban J connectivity index is 1.55. The fraction of sp³-hybridized carbons (Fsp3) is 0.269. The molecule has 0 radical (unpaired) electrons. The molecule has 4 rings (SSSR count). The second kappa shape index (κ2) is 10.9. The van der Waals surface area contributed by atoms with Crippen molar-refractivity contribution in [3.63, 3.8) is 0 Å². The summed E-state index contributed by atoms with van der Waals surface area (Å²) in [5.41, 5.74) is -2.43. The van der Waals surface area contributed by atoms with Gasteiger partial charge in [-0.25, -0.2) is 11.3 Å². The summed E-state index contributed by atoms with van der Waals surface area (Å²) in [5.74, 6) is -4.01. The Bertz CT molecular complexity index is 1620. The van der Waals surface area contributed by atoms with E-state index in [4.69, 9.17) is 15.7 Å². The summed E-state index contributed by atoms with van der Waals surface area (Å²) in [7, 11) is 0. The molecule has 0 amide bonds. The third-order valence-electron chi connectivity index (χ3n) is 6.11. The molecule has 0 aliphatic heterocycles. The molecule has 0 saturated heterocycles. The van der Waals surface area contributed by atoms with Crippen molar-refractivity contribution in [3.8, 4) is 5.75 Å². The minimum atomic E-state index is -2.54. The topological polar surface area (TPSA) is 166 Å². The lowest BCUT2D eigenvalue weighted by Gasteiger charge is -2.23. The van der Waals surface area contributed by atoms with Crippen molar-refractivity contribution >= 4 is 39.6 Å². The number of fused-ring (bicyclic) bond motifs is 2. The summed E-state index contributed by atoms with van der Waals surface area (Å²) in [6.07, 6.45) is -0.952. The molecule has 0 aliphatic carbocycles. The first kappa shape index (κ1) is 26.0. The van der Waals surface area contributed by atoms with Gasteiger partial charge in [-0.15, -0.1) is 5.10 Å². The molecule has 0 atom stereocenters. The average Bonchev–Trinajstić information content (AvgIpc) is 3.33. The largest absolute Gasteiger partial charge is 0.493 e. The van der Waals surface area contributed by atoms with Crippen LogP contribution < -0.4 is 10.3 Å². The molecule has 0 unspecified atom stereocenters. The summed E-state index contributed by atoms with van der Waals surface area (Å²) >= 11 is 0. The zero-order chi connectivity index (χ0) is 27.3. The number of carbonyl (C=O) groups excluding carboxylic acids is 1. The van der Waals surface area contributed by atoms with Gasteiger partial charge < -0.3 is 24.2 Å². The number of aryl methyl sites for hydroxylation is 1. The van der Waals surface area contributed by atoms with Gasteiger partial charge in [0.2, 0.25) is 6.54 Å². The Morgan fingerprint density at radius 3 is 2.61 bits per heavy atom. The van der Waals surface area contributed by atoms with Gasteiger partial charge in [0.1, 0.15) is 16.8 Å². The fourth-order valence-corrected chi connectivity index (χ4v) is 3.95. The molecule has 0 fully saturated rings. The highest BCUT2D eigenvalue weighted by Gasteiger charge is 2.48.